The number of amides is 2. The van der Waals surface area contributed by atoms with E-state index in [0.717, 1.165) is 35.4 Å². The first-order valence-electron chi connectivity index (χ1n) is 9.28. The fraction of sp³-hybridized carbons (Fsp3) is 0.526. The predicted octanol–water partition coefficient (Wildman–Crippen LogP) is 3.85. The number of thiophene rings is 1. The molecule has 2 aliphatic rings. The molecule has 0 N–H and O–H groups in total. The summed E-state index contributed by atoms with van der Waals surface area (Å²) in [6.07, 6.45) is 5.58. The Labute approximate surface area is 161 Å². The zero-order valence-corrected chi connectivity index (χ0v) is 16.4. The fourth-order valence-electron chi connectivity index (χ4n) is 3.94. The topological polar surface area (TPSA) is 53.5 Å². The number of carbonyl (C=O) groups excluding carboxylic acids is 2. The van der Waals surface area contributed by atoms with Crippen LogP contribution in [-0.2, 0) is 0 Å². The van der Waals surface area contributed by atoms with E-state index in [2.05, 4.69) is 4.98 Å². The molecule has 1 aliphatic carbocycles. The Morgan fingerprint density at radius 3 is 2.42 bits per heavy atom. The lowest BCUT2D eigenvalue weighted by molar-refractivity contribution is 0.0720. The molecule has 1 saturated heterocycles. The van der Waals surface area contributed by atoms with Crippen LogP contribution in [0.3, 0.4) is 0 Å². The van der Waals surface area contributed by atoms with Gasteiger partial charge in [-0.25, -0.2) is 4.98 Å². The molecule has 2 amide bonds. The van der Waals surface area contributed by atoms with E-state index in [4.69, 9.17) is 0 Å². The highest BCUT2D eigenvalue weighted by Gasteiger charge is 2.29. The molecule has 0 spiro atoms. The smallest absolute Gasteiger partial charge is 0.265 e. The summed E-state index contributed by atoms with van der Waals surface area (Å²) in [6, 6.07) is 1.87. The molecule has 4 rings (SSSR count). The van der Waals surface area contributed by atoms with Gasteiger partial charge in [-0.3, -0.25) is 9.59 Å². The highest BCUT2D eigenvalue weighted by Crippen LogP contribution is 2.36. The van der Waals surface area contributed by atoms with Crippen LogP contribution in [0.1, 0.15) is 63.7 Å². The minimum atomic E-state index is 0.0741. The van der Waals surface area contributed by atoms with E-state index in [1.165, 1.54) is 35.5 Å². The van der Waals surface area contributed by atoms with Crippen molar-refractivity contribution in [2.24, 2.45) is 0 Å². The zero-order chi connectivity index (χ0) is 17.9. The molecule has 3 heterocycles. The Morgan fingerprint density at radius 1 is 1.00 bits per heavy atom. The van der Waals surface area contributed by atoms with Crippen molar-refractivity contribution >= 4 is 34.5 Å². The predicted molar refractivity (Wildman–Crippen MR) is 104 cm³/mol. The van der Waals surface area contributed by atoms with Crippen LogP contribution in [0, 0.1) is 0 Å². The van der Waals surface area contributed by atoms with Gasteiger partial charge in [-0.2, -0.15) is 11.3 Å². The normalized spacial score (nSPS) is 18.9. The molecule has 0 atom stereocenters. The molecule has 2 fully saturated rings. The van der Waals surface area contributed by atoms with Crippen LogP contribution in [0.5, 0.6) is 0 Å². The summed E-state index contributed by atoms with van der Waals surface area (Å²) in [7, 11) is 0. The zero-order valence-electron chi connectivity index (χ0n) is 14.7. The monoisotopic (exact) mass is 389 g/mol. The van der Waals surface area contributed by atoms with Crippen molar-refractivity contribution in [3.8, 4) is 0 Å². The van der Waals surface area contributed by atoms with Crippen LogP contribution in [0.15, 0.2) is 22.3 Å². The molecule has 0 aromatic carbocycles. The lowest BCUT2D eigenvalue weighted by Gasteiger charge is -2.22. The first-order chi connectivity index (χ1) is 12.7. The van der Waals surface area contributed by atoms with Gasteiger partial charge in [0.05, 0.1) is 16.8 Å². The van der Waals surface area contributed by atoms with Crippen molar-refractivity contribution in [2.45, 2.75) is 38.0 Å². The van der Waals surface area contributed by atoms with Gasteiger partial charge in [0.15, 0.2) is 0 Å². The van der Waals surface area contributed by atoms with Gasteiger partial charge in [-0.15, -0.1) is 11.3 Å². The summed E-state index contributed by atoms with van der Waals surface area (Å²) in [5.74, 6) is 0.619. The molecule has 2 aromatic heterocycles. The molecule has 7 heteroatoms. The Morgan fingerprint density at radius 2 is 1.73 bits per heavy atom. The number of rotatable bonds is 3. The maximum Gasteiger partial charge on any atom is 0.265 e. The average molecular weight is 390 g/mol. The van der Waals surface area contributed by atoms with Gasteiger partial charge < -0.3 is 9.80 Å². The summed E-state index contributed by atoms with van der Waals surface area (Å²) < 4.78 is 0. The molecule has 0 unspecified atom stereocenters. The molecule has 26 heavy (non-hydrogen) atoms. The summed E-state index contributed by atoms with van der Waals surface area (Å²) >= 11 is 3.01. The standard InChI is InChI=1S/C19H23N3O2S2/c23-18(15-6-11-25-12-15)21-7-3-8-22(10-9-21)19(24)17-16(20-13-26-17)14-4-1-2-5-14/h6,11-14H,1-5,7-10H2. The number of hydrogen-bond acceptors (Lipinski definition) is 5. The second-order valence-electron chi connectivity index (χ2n) is 7.00. The number of nitrogens with zero attached hydrogens (tertiary/aromatic N) is 3. The molecule has 0 radical (unpaired) electrons. The van der Waals surface area contributed by atoms with E-state index in [1.54, 1.807) is 0 Å². The van der Waals surface area contributed by atoms with Gasteiger partial charge in [0.2, 0.25) is 0 Å². The first kappa shape index (κ1) is 17.7. The van der Waals surface area contributed by atoms with E-state index in [1.807, 2.05) is 32.1 Å². The molecule has 138 valence electrons. The van der Waals surface area contributed by atoms with E-state index in [-0.39, 0.29) is 11.8 Å². The molecule has 0 bridgehead atoms. The quantitative estimate of drug-likeness (QED) is 0.801. The van der Waals surface area contributed by atoms with Crippen molar-refractivity contribution in [1.29, 1.82) is 0 Å². The Hall–Kier alpha value is -1.73. The lowest BCUT2D eigenvalue weighted by Crippen LogP contribution is -2.37. The SMILES string of the molecule is O=C(c1ccsc1)N1CCCN(C(=O)c2scnc2C2CCCC2)CC1. The maximum absolute atomic E-state index is 13.1. The Kier molecular flexibility index (Phi) is 5.36. The molecular formula is C19H23N3O2S2. The van der Waals surface area contributed by atoms with Crippen molar-refractivity contribution < 1.29 is 9.59 Å². The number of carbonyl (C=O) groups is 2. The van der Waals surface area contributed by atoms with Gasteiger partial charge in [0, 0.05) is 37.5 Å². The summed E-state index contributed by atoms with van der Waals surface area (Å²) in [5, 5.41) is 3.82. The Balaban J connectivity index is 1.43. The summed E-state index contributed by atoms with van der Waals surface area (Å²) in [5.41, 5.74) is 3.57. The van der Waals surface area contributed by atoms with Crippen LogP contribution >= 0.6 is 22.7 Å². The Bertz CT molecular complexity index is 766. The highest BCUT2D eigenvalue weighted by atomic mass is 32.1. The summed E-state index contributed by atoms with van der Waals surface area (Å²) in [4.78, 5) is 34.8. The first-order valence-corrected chi connectivity index (χ1v) is 11.1. The molecule has 1 aliphatic heterocycles. The van der Waals surface area contributed by atoms with E-state index < -0.39 is 0 Å². The molecule has 2 aromatic rings. The third-order valence-electron chi connectivity index (χ3n) is 5.37. The van der Waals surface area contributed by atoms with Crippen molar-refractivity contribution in [2.75, 3.05) is 26.2 Å². The second kappa shape index (κ2) is 7.88. The van der Waals surface area contributed by atoms with Gasteiger partial charge in [0.1, 0.15) is 4.88 Å². The second-order valence-corrected chi connectivity index (χ2v) is 8.63. The van der Waals surface area contributed by atoms with Crippen LogP contribution in [0.4, 0.5) is 0 Å². The van der Waals surface area contributed by atoms with Crippen molar-refractivity contribution in [3.63, 3.8) is 0 Å². The highest BCUT2D eigenvalue weighted by molar-refractivity contribution is 7.11. The molecule has 5 nitrogen and oxygen atoms in total. The van der Waals surface area contributed by atoms with Gasteiger partial charge in [-0.1, -0.05) is 12.8 Å². The average Bonchev–Trinajstić information content (AvgIpc) is 3.39. The lowest BCUT2D eigenvalue weighted by atomic mass is 10.0. The third kappa shape index (κ3) is 3.55. The van der Waals surface area contributed by atoms with Crippen LogP contribution in [-0.4, -0.2) is 52.8 Å². The summed E-state index contributed by atoms with van der Waals surface area (Å²) in [6.45, 7) is 2.60. The fourth-order valence-corrected chi connectivity index (χ4v) is 5.41. The van der Waals surface area contributed by atoms with Crippen LogP contribution in [0.25, 0.3) is 0 Å². The van der Waals surface area contributed by atoms with E-state index in [9.17, 15) is 9.59 Å². The van der Waals surface area contributed by atoms with E-state index in [0.29, 0.717) is 32.1 Å². The van der Waals surface area contributed by atoms with Crippen LogP contribution < -0.4 is 0 Å². The van der Waals surface area contributed by atoms with E-state index >= 15 is 0 Å². The number of thiazole rings is 1. The minimum Gasteiger partial charge on any atom is -0.337 e. The third-order valence-corrected chi connectivity index (χ3v) is 6.88. The number of hydrogen-bond donors (Lipinski definition) is 0. The van der Waals surface area contributed by atoms with Crippen molar-refractivity contribution in [3.05, 3.63) is 38.5 Å². The minimum absolute atomic E-state index is 0.0741. The molecule has 1 saturated carbocycles. The number of aromatic nitrogens is 1. The largest absolute Gasteiger partial charge is 0.337 e. The maximum atomic E-state index is 13.1. The van der Waals surface area contributed by atoms with Gasteiger partial charge in [-0.05, 0) is 30.7 Å². The van der Waals surface area contributed by atoms with Gasteiger partial charge in [0.25, 0.3) is 11.8 Å². The molecular weight excluding hydrogens is 366 g/mol. The van der Waals surface area contributed by atoms with Crippen LogP contribution in [0.2, 0.25) is 0 Å². The van der Waals surface area contributed by atoms with Gasteiger partial charge >= 0.3 is 0 Å². The van der Waals surface area contributed by atoms with Crippen molar-refractivity contribution in [1.82, 2.24) is 14.8 Å².